The van der Waals surface area contributed by atoms with Gasteiger partial charge >= 0.3 is 0 Å². The summed E-state index contributed by atoms with van der Waals surface area (Å²) in [6, 6.07) is 8.51. The van der Waals surface area contributed by atoms with Crippen molar-refractivity contribution in [3.8, 4) is 6.07 Å². The van der Waals surface area contributed by atoms with Crippen LogP contribution < -0.4 is 4.72 Å². The van der Waals surface area contributed by atoms with Gasteiger partial charge in [0.05, 0.1) is 17.4 Å². The van der Waals surface area contributed by atoms with Gasteiger partial charge in [0.15, 0.2) is 0 Å². The summed E-state index contributed by atoms with van der Waals surface area (Å²) in [5.74, 6) is 0.695. The Labute approximate surface area is 114 Å². The first-order valence-electron chi connectivity index (χ1n) is 6.57. The maximum atomic E-state index is 12.0. The molecule has 5 heteroatoms. The van der Waals surface area contributed by atoms with Crippen LogP contribution in [0, 0.1) is 17.2 Å². The predicted molar refractivity (Wildman–Crippen MR) is 72.9 cm³/mol. The standard InChI is InChI=1S/C14H18N2O2S/c15-10-8-13-4-6-14(7-5-13)19(17,18)16-11-9-12-2-1-3-12/h4-7,12,16H,1-3,8-9,11H2. The summed E-state index contributed by atoms with van der Waals surface area (Å²) in [5, 5.41) is 8.57. The molecule has 4 nitrogen and oxygen atoms in total. The summed E-state index contributed by atoms with van der Waals surface area (Å²) in [6.45, 7) is 0.507. The maximum absolute atomic E-state index is 12.0. The Bertz CT molecular complexity index is 554. The van der Waals surface area contributed by atoms with Crippen molar-refractivity contribution < 1.29 is 8.42 Å². The van der Waals surface area contributed by atoms with Crippen LogP contribution in [0.3, 0.4) is 0 Å². The molecule has 1 N–H and O–H groups in total. The van der Waals surface area contributed by atoms with Crippen molar-refractivity contribution in [2.45, 2.75) is 37.0 Å². The summed E-state index contributed by atoms with van der Waals surface area (Å²) >= 11 is 0. The van der Waals surface area contributed by atoms with Crippen molar-refractivity contribution in [1.82, 2.24) is 4.72 Å². The van der Waals surface area contributed by atoms with E-state index in [0.29, 0.717) is 18.9 Å². The Morgan fingerprint density at radius 1 is 1.26 bits per heavy atom. The van der Waals surface area contributed by atoms with Crippen LogP contribution >= 0.6 is 0 Å². The van der Waals surface area contributed by atoms with Gasteiger partial charge in [-0.05, 0) is 30.0 Å². The number of hydrogen-bond acceptors (Lipinski definition) is 3. The number of rotatable bonds is 6. The lowest BCUT2D eigenvalue weighted by Crippen LogP contribution is -2.27. The molecule has 0 bridgehead atoms. The Balaban J connectivity index is 1.92. The molecule has 0 aliphatic heterocycles. The van der Waals surface area contributed by atoms with Crippen LogP contribution in [0.1, 0.15) is 31.2 Å². The fourth-order valence-corrected chi connectivity index (χ4v) is 3.19. The molecular formula is C14H18N2O2S. The molecular weight excluding hydrogens is 260 g/mol. The molecule has 0 aromatic heterocycles. The second kappa shape index (κ2) is 6.18. The molecule has 0 heterocycles. The smallest absolute Gasteiger partial charge is 0.211 e. The maximum Gasteiger partial charge on any atom is 0.240 e. The fraction of sp³-hybridized carbons (Fsp3) is 0.500. The third kappa shape index (κ3) is 3.79. The van der Waals surface area contributed by atoms with Crippen molar-refractivity contribution in [3.05, 3.63) is 29.8 Å². The first-order valence-corrected chi connectivity index (χ1v) is 8.06. The third-order valence-electron chi connectivity index (χ3n) is 3.59. The van der Waals surface area contributed by atoms with Gasteiger partial charge in [0.25, 0.3) is 0 Å². The van der Waals surface area contributed by atoms with Gasteiger partial charge in [0.2, 0.25) is 10.0 Å². The van der Waals surface area contributed by atoms with Gasteiger partial charge in [-0.1, -0.05) is 31.4 Å². The molecule has 0 amide bonds. The Morgan fingerprint density at radius 3 is 2.47 bits per heavy atom. The monoisotopic (exact) mass is 278 g/mol. The van der Waals surface area contributed by atoms with Gasteiger partial charge in [0.1, 0.15) is 0 Å². The minimum absolute atomic E-state index is 0.266. The molecule has 19 heavy (non-hydrogen) atoms. The topological polar surface area (TPSA) is 70.0 Å². The highest BCUT2D eigenvalue weighted by Crippen LogP contribution is 2.28. The molecule has 1 aromatic rings. The van der Waals surface area contributed by atoms with Gasteiger partial charge in [-0.15, -0.1) is 0 Å². The molecule has 102 valence electrons. The molecule has 1 saturated carbocycles. The van der Waals surface area contributed by atoms with Crippen molar-refractivity contribution >= 4 is 10.0 Å². The van der Waals surface area contributed by atoms with Crippen LogP contribution in [0.15, 0.2) is 29.2 Å². The normalized spacial score (nSPS) is 15.7. The predicted octanol–water partition coefficient (Wildman–Crippen LogP) is 2.22. The number of benzene rings is 1. The fourth-order valence-electron chi connectivity index (χ4n) is 2.14. The number of sulfonamides is 1. The van der Waals surface area contributed by atoms with E-state index in [2.05, 4.69) is 4.72 Å². The van der Waals surface area contributed by atoms with Crippen LogP contribution in [-0.4, -0.2) is 15.0 Å². The van der Waals surface area contributed by atoms with Crippen LogP contribution in [0.2, 0.25) is 0 Å². The van der Waals surface area contributed by atoms with Gasteiger partial charge in [0, 0.05) is 6.54 Å². The molecule has 0 atom stereocenters. The van der Waals surface area contributed by atoms with Gasteiger partial charge in [-0.3, -0.25) is 0 Å². The van der Waals surface area contributed by atoms with Crippen LogP contribution in [-0.2, 0) is 16.4 Å². The minimum Gasteiger partial charge on any atom is -0.211 e. The van der Waals surface area contributed by atoms with E-state index in [9.17, 15) is 8.42 Å². The third-order valence-corrected chi connectivity index (χ3v) is 5.06. The summed E-state index contributed by atoms with van der Waals surface area (Å²) in [4.78, 5) is 0.266. The Hall–Kier alpha value is -1.38. The van der Waals surface area contributed by atoms with Crippen LogP contribution in [0.25, 0.3) is 0 Å². The average molecular weight is 278 g/mol. The molecule has 0 saturated heterocycles. The molecule has 1 aliphatic rings. The largest absolute Gasteiger partial charge is 0.240 e. The van der Waals surface area contributed by atoms with E-state index in [4.69, 9.17) is 5.26 Å². The van der Waals surface area contributed by atoms with E-state index in [-0.39, 0.29) is 4.90 Å². The van der Waals surface area contributed by atoms with E-state index in [1.165, 1.54) is 19.3 Å². The first kappa shape index (κ1) is 14.0. The van der Waals surface area contributed by atoms with E-state index < -0.39 is 10.0 Å². The summed E-state index contributed by atoms with van der Waals surface area (Å²) in [6.07, 6.45) is 4.95. The molecule has 1 fully saturated rings. The number of nitriles is 1. The average Bonchev–Trinajstić information content (AvgIpc) is 2.33. The van der Waals surface area contributed by atoms with Crippen molar-refractivity contribution in [1.29, 1.82) is 5.26 Å². The lowest BCUT2D eigenvalue weighted by molar-refractivity contribution is 0.297. The van der Waals surface area contributed by atoms with Crippen molar-refractivity contribution in [2.24, 2.45) is 5.92 Å². The van der Waals surface area contributed by atoms with Gasteiger partial charge in [-0.2, -0.15) is 5.26 Å². The van der Waals surface area contributed by atoms with Gasteiger partial charge < -0.3 is 0 Å². The highest BCUT2D eigenvalue weighted by atomic mass is 32.2. The number of nitrogens with one attached hydrogen (secondary N) is 1. The molecule has 1 aromatic carbocycles. The SMILES string of the molecule is N#CCc1ccc(S(=O)(=O)NCCC2CCC2)cc1. The lowest BCUT2D eigenvalue weighted by Gasteiger charge is -2.25. The molecule has 0 unspecified atom stereocenters. The minimum atomic E-state index is -3.40. The van der Waals surface area contributed by atoms with Crippen LogP contribution in [0.5, 0.6) is 0 Å². The molecule has 0 spiro atoms. The Morgan fingerprint density at radius 2 is 1.95 bits per heavy atom. The van der Waals surface area contributed by atoms with Crippen molar-refractivity contribution in [3.63, 3.8) is 0 Å². The van der Waals surface area contributed by atoms with Crippen LogP contribution in [0.4, 0.5) is 0 Å². The van der Waals surface area contributed by atoms with E-state index in [1.807, 2.05) is 6.07 Å². The van der Waals surface area contributed by atoms with E-state index in [0.717, 1.165) is 12.0 Å². The second-order valence-electron chi connectivity index (χ2n) is 4.96. The molecule has 2 rings (SSSR count). The zero-order chi connectivity index (χ0) is 13.7. The summed E-state index contributed by atoms with van der Waals surface area (Å²) < 4.78 is 26.7. The summed E-state index contributed by atoms with van der Waals surface area (Å²) in [7, 11) is -3.40. The highest BCUT2D eigenvalue weighted by molar-refractivity contribution is 7.89. The van der Waals surface area contributed by atoms with Crippen molar-refractivity contribution in [2.75, 3.05) is 6.54 Å². The number of nitrogens with zero attached hydrogens (tertiary/aromatic N) is 1. The van der Waals surface area contributed by atoms with E-state index >= 15 is 0 Å². The summed E-state index contributed by atoms with van der Waals surface area (Å²) in [5.41, 5.74) is 0.830. The number of hydrogen-bond donors (Lipinski definition) is 1. The Kier molecular flexibility index (Phi) is 4.56. The zero-order valence-corrected chi connectivity index (χ0v) is 11.6. The molecule has 1 aliphatic carbocycles. The first-order chi connectivity index (χ1) is 9.12. The van der Waals surface area contributed by atoms with E-state index in [1.54, 1.807) is 24.3 Å². The highest BCUT2D eigenvalue weighted by Gasteiger charge is 2.19. The molecule has 0 radical (unpaired) electrons. The second-order valence-corrected chi connectivity index (χ2v) is 6.73. The quantitative estimate of drug-likeness (QED) is 0.867. The lowest BCUT2D eigenvalue weighted by atomic mass is 9.83. The zero-order valence-electron chi connectivity index (χ0n) is 10.8. The van der Waals surface area contributed by atoms with Gasteiger partial charge in [-0.25, -0.2) is 13.1 Å².